The molecule has 2 aromatic carbocycles. The lowest BCUT2D eigenvalue weighted by atomic mass is 9.99. The van der Waals surface area contributed by atoms with Gasteiger partial charge in [0, 0.05) is 20.6 Å². The summed E-state index contributed by atoms with van der Waals surface area (Å²) >= 11 is 9.64. The summed E-state index contributed by atoms with van der Waals surface area (Å²) in [5.74, 6) is -0.809. The van der Waals surface area contributed by atoms with Crippen LogP contribution < -0.4 is 4.74 Å². The van der Waals surface area contributed by atoms with E-state index in [1.54, 1.807) is 24.4 Å². The molecular weight excluding hydrogens is 487 g/mol. The van der Waals surface area contributed by atoms with Gasteiger partial charge in [0.2, 0.25) is 0 Å². The van der Waals surface area contributed by atoms with Gasteiger partial charge < -0.3 is 9.84 Å². The van der Waals surface area contributed by atoms with Crippen molar-refractivity contribution >= 4 is 44.6 Å². The van der Waals surface area contributed by atoms with Crippen LogP contribution >= 0.6 is 27.5 Å². The average Bonchev–Trinajstić information content (AvgIpc) is 3.23. The van der Waals surface area contributed by atoms with Crippen LogP contribution in [0.5, 0.6) is 5.75 Å². The number of allylic oxidation sites excluding steroid dienone is 2. The Labute approximate surface area is 191 Å². The Morgan fingerprint density at radius 2 is 1.97 bits per heavy atom. The molecule has 0 unspecified atom stereocenters. The van der Waals surface area contributed by atoms with Crippen molar-refractivity contribution in [1.82, 2.24) is 9.97 Å². The molecule has 3 aromatic rings. The predicted molar refractivity (Wildman–Crippen MR) is 120 cm³/mol. The number of hydrogen-bond donors (Lipinski definition) is 1. The highest BCUT2D eigenvalue weighted by molar-refractivity contribution is 9.10. The smallest absolute Gasteiger partial charge is 0.356 e. The van der Waals surface area contributed by atoms with Crippen LogP contribution in [0.2, 0.25) is 5.02 Å². The molecule has 5 nitrogen and oxygen atoms in total. The largest absolute Gasteiger partial charge is 0.488 e. The van der Waals surface area contributed by atoms with Crippen LogP contribution in [0.15, 0.2) is 53.3 Å². The molecule has 158 valence electrons. The second kappa shape index (κ2) is 9.16. The summed E-state index contributed by atoms with van der Waals surface area (Å²) < 4.78 is 20.1. The van der Waals surface area contributed by atoms with Gasteiger partial charge in [-0.25, -0.2) is 14.2 Å². The van der Waals surface area contributed by atoms with E-state index in [0.29, 0.717) is 20.9 Å². The zero-order valence-electron chi connectivity index (χ0n) is 16.2. The Morgan fingerprint density at radius 3 is 2.74 bits per heavy atom. The molecule has 0 bridgehead atoms. The van der Waals surface area contributed by atoms with Gasteiger partial charge >= 0.3 is 5.97 Å². The number of carboxylic acid groups (broad SMARTS) is 1. The van der Waals surface area contributed by atoms with Crippen molar-refractivity contribution in [3.63, 3.8) is 0 Å². The third kappa shape index (κ3) is 4.78. The number of carbonyl (C=O) groups is 1. The Morgan fingerprint density at radius 1 is 1.16 bits per heavy atom. The van der Waals surface area contributed by atoms with E-state index in [-0.39, 0.29) is 18.1 Å². The van der Waals surface area contributed by atoms with Gasteiger partial charge in [-0.3, -0.25) is 4.98 Å². The van der Waals surface area contributed by atoms with Crippen LogP contribution in [0, 0.1) is 5.82 Å². The fraction of sp³-hybridized carbons (Fsp3) is 0.174. The molecule has 0 atom stereocenters. The number of nitrogens with zero attached hydrogens (tertiary/aromatic N) is 2. The molecule has 1 aromatic heterocycles. The van der Waals surface area contributed by atoms with E-state index in [2.05, 4.69) is 25.9 Å². The number of rotatable bonds is 6. The molecule has 1 N–H and O–H groups in total. The molecule has 1 heterocycles. The monoisotopic (exact) mass is 502 g/mol. The Bertz CT molecular complexity index is 1200. The fourth-order valence-corrected chi connectivity index (χ4v) is 4.23. The number of aromatic carboxylic acids is 1. The highest BCUT2D eigenvalue weighted by Gasteiger charge is 2.23. The minimum Gasteiger partial charge on any atom is -0.488 e. The van der Waals surface area contributed by atoms with E-state index in [0.717, 1.165) is 41.5 Å². The van der Waals surface area contributed by atoms with E-state index >= 15 is 0 Å². The van der Waals surface area contributed by atoms with Gasteiger partial charge in [0.1, 0.15) is 18.2 Å². The van der Waals surface area contributed by atoms with Crippen LogP contribution in [-0.2, 0) is 6.61 Å². The third-order valence-electron chi connectivity index (χ3n) is 5.05. The van der Waals surface area contributed by atoms with Crippen molar-refractivity contribution in [3.05, 3.63) is 86.6 Å². The lowest BCUT2D eigenvalue weighted by Gasteiger charge is -2.15. The third-order valence-corrected chi connectivity index (χ3v) is 6.02. The van der Waals surface area contributed by atoms with E-state index in [4.69, 9.17) is 16.3 Å². The van der Waals surface area contributed by atoms with Crippen LogP contribution in [-0.4, -0.2) is 21.0 Å². The minimum absolute atomic E-state index is 0.0972. The summed E-state index contributed by atoms with van der Waals surface area (Å²) in [5, 5.41) is 9.81. The predicted octanol–water partition coefficient (Wildman–Crippen LogP) is 6.40. The van der Waals surface area contributed by atoms with E-state index in [1.165, 1.54) is 18.3 Å². The zero-order chi connectivity index (χ0) is 22.0. The molecule has 0 spiro atoms. The standard InChI is InChI=1S/C23H17BrClFN2O3/c24-19-9-15(26)6-4-13(19)12-31-22-7-5-14(25)8-18(22)16-2-1-3-17(16)20-10-27-11-21(28-20)23(29)30/h4-11H,1-3,12H2,(H,29,30). The van der Waals surface area contributed by atoms with E-state index in [9.17, 15) is 14.3 Å². The lowest BCUT2D eigenvalue weighted by molar-refractivity contribution is 0.0690. The molecular formula is C23H17BrClFN2O3. The van der Waals surface area contributed by atoms with Crippen molar-refractivity contribution < 1.29 is 19.0 Å². The van der Waals surface area contributed by atoms with Gasteiger partial charge in [0.25, 0.3) is 0 Å². The zero-order valence-corrected chi connectivity index (χ0v) is 18.6. The van der Waals surface area contributed by atoms with Gasteiger partial charge in [0.15, 0.2) is 5.69 Å². The topological polar surface area (TPSA) is 72.3 Å². The molecule has 0 saturated carbocycles. The molecule has 0 aliphatic heterocycles. The van der Waals surface area contributed by atoms with E-state index in [1.807, 2.05) is 6.07 Å². The first-order chi connectivity index (χ1) is 14.9. The number of carboxylic acids is 1. The van der Waals surface area contributed by atoms with Gasteiger partial charge in [-0.05, 0) is 60.7 Å². The maximum atomic E-state index is 13.4. The first-order valence-electron chi connectivity index (χ1n) is 9.57. The summed E-state index contributed by atoms with van der Waals surface area (Å²) in [6, 6.07) is 9.84. The van der Waals surface area contributed by atoms with Crippen LogP contribution in [0.4, 0.5) is 4.39 Å². The molecule has 31 heavy (non-hydrogen) atoms. The number of halogens is 3. The van der Waals surface area contributed by atoms with Crippen LogP contribution in [0.25, 0.3) is 11.1 Å². The van der Waals surface area contributed by atoms with Gasteiger partial charge in [0.05, 0.1) is 18.1 Å². The summed E-state index contributed by atoms with van der Waals surface area (Å²) in [6.45, 7) is 0.242. The summed E-state index contributed by atoms with van der Waals surface area (Å²) in [5.41, 5.74) is 4.03. The fourth-order valence-electron chi connectivity index (χ4n) is 3.60. The van der Waals surface area contributed by atoms with Crippen molar-refractivity contribution in [2.45, 2.75) is 25.9 Å². The van der Waals surface area contributed by atoms with Crippen LogP contribution in [0.1, 0.15) is 46.6 Å². The number of aromatic nitrogens is 2. The number of benzene rings is 2. The molecule has 0 fully saturated rings. The molecule has 1 aliphatic carbocycles. The Balaban J connectivity index is 1.71. The second-order valence-corrected chi connectivity index (χ2v) is 8.36. The van der Waals surface area contributed by atoms with Gasteiger partial charge in [-0.1, -0.05) is 33.6 Å². The van der Waals surface area contributed by atoms with E-state index < -0.39 is 5.97 Å². The number of ether oxygens (including phenoxy) is 1. The highest BCUT2D eigenvalue weighted by Crippen LogP contribution is 2.43. The minimum atomic E-state index is -1.12. The number of hydrogen-bond acceptors (Lipinski definition) is 4. The highest BCUT2D eigenvalue weighted by atomic mass is 79.9. The maximum Gasteiger partial charge on any atom is 0.356 e. The first-order valence-corrected chi connectivity index (χ1v) is 10.7. The first kappa shape index (κ1) is 21.5. The van der Waals surface area contributed by atoms with Gasteiger partial charge in [-0.15, -0.1) is 0 Å². The van der Waals surface area contributed by atoms with Gasteiger partial charge in [-0.2, -0.15) is 0 Å². The molecule has 0 amide bonds. The molecule has 4 rings (SSSR count). The summed E-state index contributed by atoms with van der Waals surface area (Å²) in [6.07, 6.45) is 5.25. The Kier molecular flexibility index (Phi) is 6.34. The SMILES string of the molecule is O=C(O)c1cncc(C2=C(c3cc(Cl)ccc3OCc3ccc(F)cc3Br)CCC2)n1. The maximum absolute atomic E-state index is 13.4. The van der Waals surface area contributed by atoms with Crippen LogP contribution in [0.3, 0.4) is 0 Å². The molecule has 8 heteroatoms. The second-order valence-electron chi connectivity index (χ2n) is 7.07. The molecule has 1 aliphatic rings. The summed E-state index contributed by atoms with van der Waals surface area (Å²) in [4.78, 5) is 19.6. The lowest BCUT2D eigenvalue weighted by Crippen LogP contribution is -2.04. The van der Waals surface area contributed by atoms with Crippen molar-refractivity contribution in [2.75, 3.05) is 0 Å². The average molecular weight is 504 g/mol. The quantitative estimate of drug-likeness (QED) is 0.421. The van der Waals surface area contributed by atoms with Crippen molar-refractivity contribution in [2.24, 2.45) is 0 Å². The molecule has 0 radical (unpaired) electrons. The van der Waals surface area contributed by atoms with Crippen molar-refractivity contribution in [1.29, 1.82) is 0 Å². The van der Waals surface area contributed by atoms with Crippen molar-refractivity contribution in [3.8, 4) is 5.75 Å². The normalized spacial score (nSPS) is 13.5. The Hall–Kier alpha value is -2.77. The molecule has 0 saturated heterocycles. The summed E-state index contributed by atoms with van der Waals surface area (Å²) in [7, 11) is 0.